The summed E-state index contributed by atoms with van der Waals surface area (Å²) in [6, 6.07) is 5.10. The molecule has 0 spiro atoms. The molecule has 0 bridgehead atoms. The number of aryl methyl sites for hydroxylation is 1. The number of benzene rings is 1. The first kappa shape index (κ1) is 11.7. The minimum atomic E-state index is -0.475. The first-order valence-corrected chi connectivity index (χ1v) is 5.47. The summed E-state index contributed by atoms with van der Waals surface area (Å²) < 4.78 is 5.45. The Balaban J connectivity index is 2.40. The zero-order valence-corrected chi connectivity index (χ0v) is 9.51. The molecule has 1 saturated heterocycles. The summed E-state index contributed by atoms with van der Waals surface area (Å²) in [5, 5.41) is 11.0. The van der Waals surface area contributed by atoms with Gasteiger partial charge in [0.2, 0.25) is 0 Å². The molecule has 0 radical (unpaired) electrons. The molecular weight excluding hydrogens is 222 g/mol. The second-order valence-electron chi connectivity index (χ2n) is 4.12. The zero-order chi connectivity index (χ0) is 12.4. The standard InChI is InChI=1S/C12H13NO4/c1-8-3-2-4-10(12(8)13(15)16)11-7-9(14)5-6-17-11/h2-4,11H,5-7H2,1H3. The van der Waals surface area contributed by atoms with E-state index in [1.54, 1.807) is 25.1 Å². The molecule has 1 aliphatic heterocycles. The first-order valence-electron chi connectivity index (χ1n) is 5.47. The van der Waals surface area contributed by atoms with Crippen molar-refractivity contribution in [1.29, 1.82) is 0 Å². The number of rotatable bonds is 2. The van der Waals surface area contributed by atoms with Crippen LogP contribution in [0, 0.1) is 17.0 Å². The van der Waals surface area contributed by atoms with E-state index in [9.17, 15) is 14.9 Å². The number of nitro benzene ring substituents is 1. The van der Waals surface area contributed by atoms with Gasteiger partial charge in [-0.25, -0.2) is 0 Å². The lowest BCUT2D eigenvalue weighted by Gasteiger charge is -2.22. The predicted octanol–water partition coefficient (Wildman–Crippen LogP) is 2.32. The molecule has 2 rings (SSSR count). The van der Waals surface area contributed by atoms with Crippen molar-refractivity contribution in [3.63, 3.8) is 0 Å². The summed E-state index contributed by atoms with van der Waals surface area (Å²) in [6.45, 7) is 2.03. The maximum Gasteiger partial charge on any atom is 0.278 e. The van der Waals surface area contributed by atoms with E-state index < -0.39 is 11.0 Å². The molecule has 1 aromatic rings. The molecule has 1 aliphatic rings. The van der Waals surface area contributed by atoms with Crippen LogP contribution in [0.5, 0.6) is 0 Å². The maximum absolute atomic E-state index is 11.4. The van der Waals surface area contributed by atoms with Gasteiger partial charge in [0.05, 0.1) is 23.2 Å². The van der Waals surface area contributed by atoms with Crippen LogP contribution in [0.3, 0.4) is 0 Å². The van der Waals surface area contributed by atoms with Crippen molar-refractivity contribution >= 4 is 11.5 Å². The van der Waals surface area contributed by atoms with Crippen molar-refractivity contribution in [1.82, 2.24) is 0 Å². The number of ether oxygens (including phenoxy) is 1. The van der Waals surface area contributed by atoms with Crippen molar-refractivity contribution in [2.24, 2.45) is 0 Å². The van der Waals surface area contributed by atoms with Gasteiger partial charge in [0, 0.05) is 18.4 Å². The molecule has 90 valence electrons. The molecule has 1 fully saturated rings. The van der Waals surface area contributed by atoms with E-state index in [0.29, 0.717) is 24.2 Å². The molecule has 1 atom stereocenters. The van der Waals surface area contributed by atoms with Crippen LogP contribution < -0.4 is 0 Å². The second kappa shape index (κ2) is 4.63. The second-order valence-corrected chi connectivity index (χ2v) is 4.12. The number of carbonyl (C=O) groups excluding carboxylic acids is 1. The molecule has 0 aromatic heterocycles. The number of ketones is 1. The van der Waals surface area contributed by atoms with Gasteiger partial charge in [0.15, 0.2) is 0 Å². The quantitative estimate of drug-likeness (QED) is 0.582. The SMILES string of the molecule is Cc1cccc(C2CC(=O)CCO2)c1[N+](=O)[O-]. The minimum Gasteiger partial charge on any atom is -0.372 e. The van der Waals surface area contributed by atoms with Crippen LogP contribution in [0.15, 0.2) is 18.2 Å². The highest BCUT2D eigenvalue weighted by Gasteiger charge is 2.28. The molecule has 5 heteroatoms. The lowest BCUT2D eigenvalue weighted by atomic mass is 9.97. The number of nitrogens with zero attached hydrogens (tertiary/aromatic N) is 1. The van der Waals surface area contributed by atoms with Crippen molar-refractivity contribution in [3.8, 4) is 0 Å². The smallest absolute Gasteiger partial charge is 0.278 e. The van der Waals surface area contributed by atoms with Crippen LogP contribution >= 0.6 is 0 Å². The van der Waals surface area contributed by atoms with Crippen molar-refractivity contribution in [2.75, 3.05) is 6.61 Å². The molecule has 1 aromatic carbocycles. The summed E-state index contributed by atoms with van der Waals surface area (Å²) in [4.78, 5) is 22.0. The van der Waals surface area contributed by atoms with Crippen LogP contribution in [0.4, 0.5) is 5.69 Å². The lowest BCUT2D eigenvalue weighted by Crippen LogP contribution is -2.20. The van der Waals surface area contributed by atoms with E-state index in [-0.39, 0.29) is 17.9 Å². The normalized spacial score (nSPS) is 20.3. The molecule has 5 nitrogen and oxygen atoms in total. The fourth-order valence-corrected chi connectivity index (χ4v) is 2.07. The number of para-hydroxylation sites is 1. The molecule has 0 amide bonds. The third-order valence-corrected chi connectivity index (χ3v) is 2.91. The largest absolute Gasteiger partial charge is 0.372 e. The number of carbonyl (C=O) groups is 1. The summed E-state index contributed by atoms with van der Waals surface area (Å²) in [7, 11) is 0. The summed E-state index contributed by atoms with van der Waals surface area (Å²) >= 11 is 0. The Kier molecular flexibility index (Phi) is 3.19. The molecule has 0 saturated carbocycles. The highest BCUT2D eigenvalue weighted by atomic mass is 16.6. The van der Waals surface area contributed by atoms with E-state index in [2.05, 4.69) is 0 Å². The average Bonchev–Trinajstić information content (AvgIpc) is 2.28. The predicted molar refractivity (Wildman–Crippen MR) is 60.8 cm³/mol. The van der Waals surface area contributed by atoms with Gasteiger partial charge in [-0.3, -0.25) is 14.9 Å². The fraction of sp³-hybridized carbons (Fsp3) is 0.417. The number of nitro groups is 1. The number of Topliss-reactive ketones (excluding diaryl/α,β-unsaturated/α-hetero) is 1. The third kappa shape index (κ3) is 2.34. The van der Waals surface area contributed by atoms with E-state index in [4.69, 9.17) is 4.74 Å². The molecule has 0 N–H and O–H groups in total. The van der Waals surface area contributed by atoms with Gasteiger partial charge in [-0.15, -0.1) is 0 Å². The number of hydrogen-bond donors (Lipinski definition) is 0. The van der Waals surface area contributed by atoms with E-state index in [1.807, 2.05) is 0 Å². The van der Waals surface area contributed by atoms with E-state index in [0.717, 1.165) is 0 Å². The van der Waals surface area contributed by atoms with Crippen molar-refractivity contribution < 1.29 is 14.5 Å². The summed E-state index contributed by atoms with van der Waals surface area (Å²) in [5.74, 6) is 0.0945. The van der Waals surface area contributed by atoms with Crippen molar-refractivity contribution in [3.05, 3.63) is 39.4 Å². The minimum absolute atomic E-state index is 0.0622. The monoisotopic (exact) mass is 235 g/mol. The van der Waals surface area contributed by atoms with Crippen LogP contribution in [-0.4, -0.2) is 17.3 Å². The van der Waals surface area contributed by atoms with E-state index in [1.165, 1.54) is 0 Å². The Hall–Kier alpha value is -1.75. The Labute approximate surface area is 98.5 Å². The van der Waals surface area contributed by atoms with Gasteiger partial charge in [0.1, 0.15) is 5.78 Å². The highest BCUT2D eigenvalue weighted by molar-refractivity contribution is 5.80. The van der Waals surface area contributed by atoms with Gasteiger partial charge in [-0.05, 0) is 13.0 Å². The van der Waals surface area contributed by atoms with Gasteiger partial charge < -0.3 is 4.74 Å². The highest BCUT2D eigenvalue weighted by Crippen LogP contribution is 2.34. The summed E-state index contributed by atoms with van der Waals surface area (Å²) in [5.41, 5.74) is 1.16. The summed E-state index contributed by atoms with van der Waals surface area (Å²) in [6.07, 6.45) is 0.150. The van der Waals surface area contributed by atoms with E-state index >= 15 is 0 Å². The topological polar surface area (TPSA) is 69.4 Å². The van der Waals surface area contributed by atoms with Crippen LogP contribution in [-0.2, 0) is 9.53 Å². The Morgan fingerprint density at radius 3 is 2.88 bits per heavy atom. The maximum atomic E-state index is 11.4. The van der Waals surface area contributed by atoms with Crippen molar-refractivity contribution in [2.45, 2.75) is 25.9 Å². The molecule has 0 aliphatic carbocycles. The van der Waals surface area contributed by atoms with Crippen LogP contribution in [0.2, 0.25) is 0 Å². The van der Waals surface area contributed by atoms with Crippen LogP contribution in [0.1, 0.15) is 30.1 Å². The fourth-order valence-electron chi connectivity index (χ4n) is 2.07. The Morgan fingerprint density at radius 2 is 2.24 bits per heavy atom. The lowest BCUT2D eigenvalue weighted by molar-refractivity contribution is -0.386. The van der Waals surface area contributed by atoms with Gasteiger partial charge >= 0.3 is 0 Å². The first-order chi connectivity index (χ1) is 8.09. The van der Waals surface area contributed by atoms with Gasteiger partial charge in [0.25, 0.3) is 5.69 Å². The average molecular weight is 235 g/mol. The molecule has 1 unspecified atom stereocenters. The Bertz CT molecular complexity index is 470. The molecule has 1 heterocycles. The zero-order valence-electron chi connectivity index (χ0n) is 9.51. The molecular formula is C12H13NO4. The number of hydrogen-bond acceptors (Lipinski definition) is 4. The molecule has 17 heavy (non-hydrogen) atoms. The van der Waals surface area contributed by atoms with Gasteiger partial charge in [-0.1, -0.05) is 12.1 Å². The Morgan fingerprint density at radius 1 is 1.47 bits per heavy atom. The van der Waals surface area contributed by atoms with Crippen LogP contribution in [0.25, 0.3) is 0 Å². The van der Waals surface area contributed by atoms with Gasteiger partial charge in [-0.2, -0.15) is 0 Å². The third-order valence-electron chi connectivity index (χ3n) is 2.91.